The molecule has 1 amide bonds. The van der Waals surface area contributed by atoms with Gasteiger partial charge in [0.1, 0.15) is 13.2 Å². The molecular formula is C74H124N2O6P+. The maximum atomic E-state index is 13.0. The van der Waals surface area contributed by atoms with E-state index in [0.717, 1.165) is 109 Å². The number of amides is 1. The van der Waals surface area contributed by atoms with E-state index < -0.39 is 20.0 Å². The second-order valence-electron chi connectivity index (χ2n) is 22.7. The van der Waals surface area contributed by atoms with Gasteiger partial charge in [-0.25, -0.2) is 4.57 Å². The fourth-order valence-corrected chi connectivity index (χ4v) is 9.30. The van der Waals surface area contributed by atoms with Crippen LogP contribution in [0.25, 0.3) is 0 Å². The van der Waals surface area contributed by atoms with Crippen LogP contribution in [0.2, 0.25) is 0 Å². The summed E-state index contributed by atoms with van der Waals surface area (Å²) < 4.78 is 23.7. The Kier molecular flexibility index (Phi) is 59.3. The molecule has 0 aliphatic rings. The lowest BCUT2D eigenvalue weighted by Crippen LogP contribution is -2.45. The highest BCUT2D eigenvalue weighted by atomic mass is 31.2. The Hall–Kier alpha value is -4.14. The number of hydrogen-bond donors (Lipinski definition) is 3. The van der Waals surface area contributed by atoms with Gasteiger partial charge in [-0.05, 0) is 122 Å². The first-order valence-electron chi connectivity index (χ1n) is 33.0. The standard InChI is InChI=1S/C74H123N2O6P/c1-6-8-10-12-14-16-18-20-22-24-26-28-30-31-32-33-34-35-36-37-38-39-40-41-42-43-44-45-46-48-50-52-54-56-58-60-62-64-66-68-74(78)75-72(71-82-83(79,80)81-70-69-76(3,4)5)73(77)67-65-63-61-59-57-55-53-51-49-47-29-27-25-23-21-19-17-15-13-11-9-7-2/h8,10,14,16,20,22,26,28,31-32,34-35,37-38,40-41,43-44,46,48,52,54,57-60,65,67,72-73,77H,6-7,9,11-13,15,17-19,21,23-25,27,29-30,33,36,39,42,45,47,49-51,53,55-56,61-64,66,68-71H2,1-5H3,(H-,75,78,79,80)/p+1/b10-8-,16-14-,22-20-,28-26-,32-31-,35-34-,38-37-,41-40-,44-43-,48-46-,54-52-,59-57+,60-58-,67-65+. The van der Waals surface area contributed by atoms with E-state index in [9.17, 15) is 19.4 Å². The molecule has 9 heteroatoms. The molecule has 0 saturated carbocycles. The molecule has 0 aromatic heterocycles. The van der Waals surface area contributed by atoms with Crippen LogP contribution >= 0.6 is 7.82 Å². The number of carbonyl (C=O) groups excluding carboxylic acids is 1. The fourth-order valence-electron chi connectivity index (χ4n) is 8.57. The zero-order valence-corrected chi connectivity index (χ0v) is 54.5. The van der Waals surface area contributed by atoms with Crippen LogP contribution in [-0.2, 0) is 18.4 Å². The van der Waals surface area contributed by atoms with Crippen molar-refractivity contribution in [3.8, 4) is 0 Å². The first-order chi connectivity index (χ1) is 40.5. The van der Waals surface area contributed by atoms with Crippen LogP contribution in [0.5, 0.6) is 0 Å². The van der Waals surface area contributed by atoms with E-state index in [1.807, 2.05) is 27.2 Å². The van der Waals surface area contributed by atoms with Crippen molar-refractivity contribution in [1.29, 1.82) is 0 Å². The number of phosphoric acid groups is 1. The molecule has 0 rings (SSSR count). The van der Waals surface area contributed by atoms with Crippen LogP contribution in [0.4, 0.5) is 0 Å². The number of phosphoric ester groups is 1. The van der Waals surface area contributed by atoms with Gasteiger partial charge in [-0.15, -0.1) is 0 Å². The Morgan fingerprint density at radius 3 is 1.11 bits per heavy atom. The lowest BCUT2D eigenvalue weighted by molar-refractivity contribution is -0.870. The van der Waals surface area contributed by atoms with Crippen molar-refractivity contribution in [2.45, 2.75) is 251 Å². The van der Waals surface area contributed by atoms with E-state index in [-0.39, 0.29) is 25.5 Å². The second-order valence-corrected chi connectivity index (χ2v) is 24.2. The number of rotatable bonds is 58. The minimum atomic E-state index is -4.38. The van der Waals surface area contributed by atoms with Crippen molar-refractivity contribution in [2.75, 3.05) is 40.9 Å². The van der Waals surface area contributed by atoms with Crippen LogP contribution < -0.4 is 5.32 Å². The predicted octanol–water partition coefficient (Wildman–Crippen LogP) is 21.2. The number of quaternary nitrogens is 1. The molecule has 0 spiro atoms. The molecule has 3 unspecified atom stereocenters. The lowest BCUT2D eigenvalue weighted by Gasteiger charge is -2.25. The molecule has 0 saturated heterocycles. The third-order valence-electron chi connectivity index (χ3n) is 13.7. The second kappa shape index (κ2) is 62.4. The topological polar surface area (TPSA) is 105 Å². The maximum Gasteiger partial charge on any atom is 0.472 e. The van der Waals surface area contributed by atoms with E-state index in [0.29, 0.717) is 17.4 Å². The summed E-state index contributed by atoms with van der Waals surface area (Å²) in [7, 11) is 1.50. The van der Waals surface area contributed by atoms with Crippen LogP contribution in [0, 0.1) is 0 Å². The van der Waals surface area contributed by atoms with E-state index in [1.165, 1.54) is 103 Å². The summed E-state index contributed by atoms with van der Waals surface area (Å²) >= 11 is 0. The van der Waals surface area contributed by atoms with Gasteiger partial charge in [0.2, 0.25) is 5.91 Å². The van der Waals surface area contributed by atoms with Crippen LogP contribution in [0.3, 0.4) is 0 Å². The SMILES string of the molecule is CC/C=C\C/C=C\C/C=C\C/C=C\C/C=C\C/C=C\C/C=C\C/C=C\C/C=C\C/C=C\C/C=C\C/C=C\CCCCC(=O)NC(COP(=O)(O)OCC[N+](C)(C)C)C(O)/C=C/CC/C=C/CCCCCCCCCCCCCCCCCC. The van der Waals surface area contributed by atoms with E-state index >= 15 is 0 Å². The van der Waals surface area contributed by atoms with Crippen molar-refractivity contribution < 1.29 is 32.9 Å². The molecule has 0 aromatic rings. The smallest absolute Gasteiger partial charge is 0.387 e. The van der Waals surface area contributed by atoms with Crippen LogP contribution in [-0.4, -0.2) is 73.4 Å². The summed E-state index contributed by atoms with van der Waals surface area (Å²) in [6.45, 7) is 4.64. The summed E-state index contributed by atoms with van der Waals surface area (Å²) in [6.07, 6.45) is 99.2. The van der Waals surface area contributed by atoms with Gasteiger partial charge in [-0.3, -0.25) is 13.8 Å². The summed E-state index contributed by atoms with van der Waals surface area (Å²) in [5.74, 6) is -0.235. The lowest BCUT2D eigenvalue weighted by atomic mass is 10.0. The predicted molar refractivity (Wildman–Crippen MR) is 363 cm³/mol. The van der Waals surface area contributed by atoms with Crippen molar-refractivity contribution in [2.24, 2.45) is 0 Å². The Balaban J connectivity index is 4.31. The molecular weight excluding hydrogens is 1040 g/mol. The van der Waals surface area contributed by atoms with Gasteiger partial charge >= 0.3 is 7.82 Å². The van der Waals surface area contributed by atoms with Gasteiger partial charge in [-0.1, -0.05) is 280 Å². The first-order valence-corrected chi connectivity index (χ1v) is 34.5. The molecule has 3 N–H and O–H groups in total. The maximum absolute atomic E-state index is 13.0. The highest BCUT2D eigenvalue weighted by molar-refractivity contribution is 7.47. The number of nitrogens with zero attached hydrogens (tertiary/aromatic N) is 1. The average Bonchev–Trinajstić information content (AvgIpc) is 3.50. The average molecular weight is 1170 g/mol. The third-order valence-corrected chi connectivity index (χ3v) is 14.7. The van der Waals surface area contributed by atoms with Gasteiger partial charge in [0.25, 0.3) is 0 Å². The number of carbonyl (C=O) groups is 1. The largest absolute Gasteiger partial charge is 0.472 e. The molecule has 470 valence electrons. The van der Waals surface area contributed by atoms with Crippen LogP contribution in [0.1, 0.15) is 239 Å². The zero-order valence-electron chi connectivity index (χ0n) is 53.6. The summed E-state index contributed by atoms with van der Waals surface area (Å²) in [4.78, 5) is 23.3. The zero-order chi connectivity index (χ0) is 60.5. The minimum Gasteiger partial charge on any atom is -0.387 e. The molecule has 0 fully saturated rings. The number of aliphatic hydroxyl groups excluding tert-OH is 1. The summed E-state index contributed by atoms with van der Waals surface area (Å²) in [5.41, 5.74) is 0. The Bertz CT molecular complexity index is 1960. The molecule has 0 aliphatic heterocycles. The van der Waals surface area contributed by atoms with Crippen molar-refractivity contribution in [3.63, 3.8) is 0 Å². The number of likely N-dealkylation sites (N-methyl/N-ethyl adjacent to an activating group) is 1. The van der Waals surface area contributed by atoms with Gasteiger partial charge < -0.3 is 19.8 Å². The fraction of sp³-hybridized carbons (Fsp3) is 0.608. The number of nitrogens with one attached hydrogen (secondary N) is 1. The quantitative estimate of drug-likeness (QED) is 0.0243. The van der Waals surface area contributed by atoms with Crippen molar-refractivity contribution >= 4 is 13.7 Å². The molecule has 8 nitrogen and oxygen atoms in total. The Morgan fingerprint density at radius 1 is 0.422 bits per heavy atom. The molecule has 0 radical (unpaired) electrons. The van der Waals surface area contributed by atoms with Crippen LogP contribution in [0.15, 0.2) is 170 Å². The normalized spacial score (nSPS) is 14.8. The van der Waals surface area contributed by atoms with Crippen molar-refractivity contribution in [1.82, 2.24) is 5.32 Å². The number of aliphatic hydroxyl groups is 1. The highest BCUT2D eigenvalue weighted by Gasteiger charge is 2.27. The van der Waals surface area contributed by atoms with Gasteiger partial charge in [-0.2, -0.15) is 0 Å². The molecule has 0 aliphatic carbocycles. The Labute approximate surface area is 511 Å². The number of unbranched alkanes of at least 4 members (excludes halogenated alkanes) is 19. The molecule has 0 aromatic carbocycles. The van der Waals surface area contributed by atoms with E-state index in [4.69, 9.17) is 9.05 Å². The van der Waals surface area contributed by atoms with Gasteiger partial charge in [0.05, 0.1) is 39.9 Å². The highest BCUT2D eigenvalue weighted by Crippen LogP contribution is 2.43. The van der Waals surface area contributed by atoms with E-state index in [1.54, 1.807) is 6.08 Å². The molecule has 0 heterocycles. The Morgan fingerprint density at radius 2 is 0.735 bits per heavy atom. The van der Waals surface area contributed by atoms with E-state index in [2.05, 4.69) is 177 Å². The molecule has 3 atom stereocenters. The molecule has 0 bridgehead atoms. The first kappa shape index (κ1) is 78.9. The number of hydrogen-bond acceptors (Lipinski definition) is 5. The third kappa shape index (κ3) is 65.3. The van der Waals surface area contributed by atoms with Gasteiger partial charge in [0, 0.05) is 6.42 Å². The monoisotopic (exact) mass is 1170 g/mol. The van der Waals surface area contributed by atoms with Crippen molar-refractivity contribution in [3.05, 3.63) is 170 Å². The number of allylic oxidation sites excluding steroid dienone is 27. The van der Waals surface area contributed by atoms with Gasteiger partial charge in [0.15, 0.2) is 0 Å². The minimum absolute atomic E-state index is 0.0383. The molecule has 83 heavy (non-hydrogen) atoms. The summed E-state index contributed by atoms with van der Waals surface area (Å²) in [6, 6.07) is -0.901. The summed E-state index contributed by atoms with van der Waals surface area (Å²) in [5, 5.41) is 13.9.